The summed E-state index contributed by atoms with van der Waals surface area (Å²) in [5, 5.41) is 13.1. The highest BCUT2D eigenvalue weighted by atomic mass is 16.5. The normalized spacial score (nSPS) is 25.1. The smallest absolute Gasteiger partial charge is 0.256 e. The zero-order chi connectivity index (χ0) is 20.8. The maximum atomic E-state index is 12.6. The van der Waals surface area contributed by atoms with Crippen LogP contribution in [-0.4, -0.2) is 66.9 Å². The predicted molar refractivity (Wildman–Crippen MR) is 119 cm³/mol. The van der Waals surface area contributed by atoms with Gasteiger partial charge in [-0.25, -0.2) is 0 Å². The molecule has 0 saturated carbocycles. The van der Waals surface area contributed by atoms with Gasteiger partial charge in [0.2, 0.25) is 0 Å². The highest BCUT2D eigenvalue weighted by molar-refractivity contribution is 5.94. The van der Waals surface area contributed by atoms with E-state index in [-0.39, 0.29) is 12.0 Å². The van der Waals surface area contributed by atoms with E-state index >= 15 is 0 Å². The Kier molecular flexibility index (Phi) is 7.00. The van der Waals surface area contributed by atoms with Gasteiger partial charge in [0.25, 0.3) is 5.91 Å². The number of aliphatic hydroxyl groups is 1. The molecule has 0 radical (unpaired) electrons. The first-order valence-corrected chi connectivity index (χ1v) is 10.9. The molecule has 2 aliphatic heterocycles. The monoisotopic (exact) mass is 409 g/mol. The summed E-state index contributed by atoms with van der Waals surface area (Å²) in [6.45, 7) is 5.06. The Morgan fingerprint density at radius 1 is 0.967 bits per heavy atom. The molecule has 0 spiro atoms. The average molecular weight is 410 g/mol. The summed E-state index contributed by atoms with van der Waals surface area (Å²) in [6.07, 6.45) is 0.720. The summed E-state index contributed by atoms with van der Waals surface area (Å²) >= 11 is 0. The minimum absolute atomic E-state index is 0.00655. The van der Waals surface area contributed by atoms with Crippen LogP contribution in [-0.2, 0) is 9.53 Å². The molecular weight excluding hydrogens is 378 g/mol. The number of carbonyl (C=O) groups is 1. The molecule has 4 rings (SSSR count). The van der Waals surface area contributed by atoms with Gasteiger partial charge in [0.05, 0.1) is 12.2 Å². The standard InChI is InChI=1S/C24H31N3O3/c28-22-12-11-21(30-23(22)24(29)25-19-7-3-1-4-8-19)13-14-26-15-17-27(18-16-26)20-9-5-2-6-10-20/h1-10,21-23,28H,11-18H2,(H,25,29)/t21-,22-,23+/m0/s1. The molecule has 2 N–H and O–H groups in total. The van der Waals surface area contributed by atoms with Crippen molar-refractivity contribution >= 4 is 17.3 Å². The van der Waals surface area contributed by atoms with Gasteiger partial charge in [-0.1, -0.05) is 36.4 Å². The van der Waals surface area contributed by atoms with Crippen molar-refractivity contribution in [3.05, 3.63) is 60.7 Å². The van der Waals surface area contributed by atoms with Gasteiger partial charge in [0, 0.05) is 44.1 Å². The van der Waals surface area contributed by atoms with E-state index in [4.69, 9.17) is 4.74 Å². The van der Waals surface area contributed by atoms with Crippen molar-refractivity contribution in [2.75, 3.05) is 42.9 Å². The molecule has 2 fully saturated rings. The number of anilines is 2. The van der Waals surface area contributed by atoms with Crippen molar-refractivity contribution in [2.45, 2.75) is 37.6 Å². The summed E-state index contributed by atoms with van der Waals surface area (Å²) in [5.74, 6) is -0.269. The fourth-order valence-electron chi connectivity index (χ4n) is 4.25. The van der Waals surface area contributed by atoms with E-state index in [1.807, 2.05) is 36.4 Å². The number of hydrogen-bond acceptors (Lipinski definition) is 5. The Balaban J connectivity index is 1.23. The molecule has 3 atom stereocenters. The zero-order valence-electron chi connectivity index (χ0n) is 17.3. The number of piperazine rings is 1. The molecule has 1 amide bonds. The van der Waals surface area contributed by atoms with Crippen molar-refractivity contribution in [1.82, 2.24) is 4.90 Å². The van der Waals surface area contributed by atoms with E-state index in [1.165, 1.54) is 5.69 Å². The predicted octanol–water partition coefficient (Wildman–Crippen LogP) is 2.75. The Bertz CT molecular complexity index is 794. The first kappa shape index (κ1) is 20.8. The number of carbonyl (C=O) groups excluding carboxylic acids is 1. The van der Waals surface area contributed by atoms with Gasteiger partial charge < -0.3 is 20.1 Å². The maximum absolute atomic E-state index is 12.6. The summed E-state index contributed by atoms with van der Waals surface area (Å²) in [5.41, 5.74) is 2.01. The van der Waals surface area contributed by atoms with E-state index in [1.54, 1.807) is 0 Å². The lowest BCUT2D eigenvalue weighted by Gasteiger charge is -2.38. The van der Waals surface area contributed by atoms with Crippen LogP contribution in [0.4, 0.5) is 11.4 Å². The fourth-order valence-corrected chi connectivity index (χ4v) is 4.25. The van der Waals surface area contributed by atoms with Gasteiger partial charge in [0.1, 0.15) is 0 Å². The summed E-state index contributed by atoms with van der Waals surface area (Å²) in [4.78, 5) is 17.5. The first-order chi connectivity index (χ1) is 14.7. The number of nitrogens with one attached hydrogen (secondary N) is 1. The van der Waals surface area contributed by atoms with Crippen molar-refractivity contribution in [3.8, 4) is 0 Å². The Morgan fingerprint density at radius 2 is 1.63 bits per heavy atom. The van der Waals surface area contributed by atoms with Crippen molar-refractivity contribution in [1.29, 1.82) is 0 Å². The maximum Gasteiger partial charge on any atom is 0.256 e. The third-order valence-electron chi connectivity index (χ3n) is 6.03. The van der Waals surface area contributed by atoms with Gasteiger partial charge in [0.15, 0.2) is 6.10 Å². The number of nitrogens with zero attached hydrogens (tertiary/aromatic N) is 2. The van der Waals surface area contributed by atoms with E-state index < -0.39 is 12.2 Å². The number of ether oxygens (including phenoxy) is 1. The van der Waals surface area contributed by atoms with Gasteiger partial charge in [-0.3, -0.25) is 9.69 Å². The molecule has 0 aromatic heterocycles. The second-order valence-electron chi connectivity index (χ2n) is 8.13. The molecule has 30 heavy (non-hydrogen) atoms. The second kappa shape index (κ2) is 10.1. The molecule has 0 aliphatic carbocycles. The quantitative estimate of drug-likeness (QED) is 0.768. The number of aliphatic hydroxyl groups excluding tert-OH is 1. The summed E-state index contributed by atoms with van der Waals surface area (Å²) in [6, 6.07) is 19.9. The Labute approximate surface area is 178 Å². The largest absolute Gasteiger partial charge is 0.390 e. The van der Waals surface area contributed by atoms with E-state index in [0.29, 0.717) is 6.42 Å². The molecular formula is C24H31N3O3. The van der Waals surface area contributed by atoms with Crippen LogP contribution in [0.25, 0.3) is 0 Å². The molecule has 2 heterocycles. The number of rotatable bonds is 6. The third kappa shape index (κ3) is 5.39. The van der Waals surface area contributed by atoms with E-state index in [9.17, 15) is 9.90 Å². The Morgan fingerprint density at radius 3 is 2.33 bits per heavy atom. The molecule has 0 bridgehead atoms. The molecule has 160 valence electrons. The van der Waals surface area contributed by atoms with Crippen LogP contribution in [0.5, 0.6) is 0 Å². The van der Waals surface area contributed by atoms with Crippen LogP contribution < -0.4 is 10.2 Å². The highest BCUT2D eigenvalue weighted by Crippen LogP contribution is 2.24. The van der Waals surface area contributed by atoms with Crippen LogP contribution in [0.2, 0.25) is 0 Å². The second-order valence-corrected chi connectivity index (χ2v) is 8.13. The Hall–Kier alpha value is -2.41. The molecule has 6 heteroatoms. The first-order valence-electron chi connectivity index (χ1n) is 10.9. The number of para-hydroxylation sites is 2. The van der Waals surface area contributed by atoms with Crippen molar-refractivity contribution in [2.24, 2.45) is 0 Å². The van der Waals surface area contributed by atoms with E-state index in [2.05, 4.69) is 39.4 Å². The summed E-state index contributed by atoms with van der Waals surface area (Å²) in [7, 11) is 0. The highest BCUT2D eigenvalue weighted by Gasteiger charge is 2.35. The number of hydrogen-bond donors (Lipinski definition) is 2. The number of benzene rings is 2. The number of amides is 1. The molecule has 2 saturated heterocycles. The molecule has 2 aromatic rings. The van der Waals surface area contributed by atoms with Crippen LogP contribution in [0.3, 0.4) is 0 Å². The lowest BCUT2D eigenvalue weighted by molar-refractivity contribution is -0.153. The zero-order valence-corrected chi connectivity index (χ0v) is 17.3. The van der Waals surface area contributed by atoms with Crippen LogP contribution in [0, 0.1) is 0 Å². The SMILES string of the molecule is O=C(Nc1ccccc1)[C@@H]1O[C@H](CCN2CCN(c3ccccc3)CC2)CC[C@@H]1O. The van der Waals surface area contributed by atoms with Gasteiger partial charge in [-0.15, -0.1) is 0 Å². The minimum atomic E-state index is -0.807. The van der Waals surface area contributed by atoms with Crippen molar-refractivity contribution in [3.63, 3.8) is 0 Å². The molecule has 2 aliphatic rings. The van der Waals surface area contributed by atoms with Crippen LogP contribution >= 0.6 is 0 Å². The average Bonchev–Trinajstić information content (AvgIpc) is 2.80. The minimum Gasteiger partial charge on any atom is -0.390 e. The molecule has 6 nitrogen and oxygen atoms in total. The topological polar surface area (TPSA) is 65.0 Å². The van der Waals surface area contributed by atoms with Gasteiger partial charge in [-0.2, -0.15) is 0 Å². The van der Waals surface area contributed by atoms with Crippen LogP contribution in [0.15, 0.2) is 60.7 Å². The van der Waals surface area contributed by atoms with Gasteiger partial charge >= 0.3 is 0 Å². The lowest BCUT2D eigenvalue weighted by Crippen LogP contribution is -2.49. The lowest BCUT2D eigenvalue weighted by atomic mass is 9.98. The van der Waals surface area contributed by atoms with Gasteiger partial charge in [-0.05, 0) is 43.5 Å². The molecule has 2 aromatic carbocycles. The van der Waals surface area contributed by atoms with Crippen molar-refractivity contribution < 1.29 is 14.6 Å². The van der Waals surface area contributed by atoms with Crippen LogP contribution in [0.1, 0.15) is 19.3 Å². The fraction of sp³-hybridized carbons (Fsp3) is 0.458. The van der Waals surface area contributed by atoms with E-state index in [0.717, 1.165) is 51.3 Å². The summed E-state index contributed by atoms with van der Waals surface area (Å²) < 4.78 is 6.02. The third-order valence-corrected chi connectivity index (χ3v) is 6.03. The molecule has 0 unspecified atom stereocenters.